The van der Waals surface area contributed by atoms with E-state index in [1.54, 1.807) is 6.20 Å². The van der Waals surface area contributed by atoms with Gasteiger partial charge < -0.3 is 11.1 Å². The number of aromatic nitrogens is 1. The van der Waals surface area contributed by atoms with Crippen LogP contribution in [0.2, 0.25) is 0 Å². The van der Waals surface area contributed by atoms with Gasteiger partial charge >= 0.3 is 0 Å². The number of aryl methyl sites for hydroxylation is 1. The van der Waals surface area contributed by atoms with E-state index in [1.165, 1.54) is 0 Å². The number of carbonyl (C=O) groups is 1. The number of pyridine rings is 1. The average molecular weight is 205 g/mol. The Kier molecular flexibility index (Phi) is 2.44. The zero-order chi connectivity index (χ0) is 10.9. The van der Waals surface area contributed by atoms with Gasteiger partial charge in [-0.15, -0.1) is 0 Å². The van der Waals surface area contributed by atoms with Crippen molar-refractivity contribution in [3.05, 3.63) is 24.0 Å². The van der Waals surface area contributed by atoms with E-state index in [2.05, 4.69) is 10.3 Å². The third-order valence-electron chi connectivity index (χ3n) is 2.87. The number of hydrogen-bond donors (Lipinski definition) is 2. The summed E-state index contributed by atoms with van der Waals surface area (Å²) in [6.45, 7) is 1.90. The molecule has 0 aliphatic heterocycles. The number of rotatable bonds is 2. The first-order valence-corrected chi connectivity index (χ1v) is 5.13. The van der Waals surface area contributed by atoms with Crippen LogP contribution in [0.4, 0.5) is 5.69 Å². The molecular weight excluding hydrogens is 190 g/mol. The second-order valence-corrected chi connectivity index (χ2v) is 4.15. The number of nitrogens with one attached hydrogen (secondary N) is 1. The highest BCUT2D eigenvalue weighted by molar-refractivity contribution is 5.98. The number of nitrogens with zero attached hydrogens (tertiary/aromatic N) is 1. The molecule has 1 aromatic heterocycles. The zero-order valence-corrected chi connectivity index (χ0v) is 8.79. The van der Waals surface area contributed by atoms with E-state index < -0.39 is 5.54 Å². The van der Waals surface area contributed by atoms with Crippen molar-refractivity contribution >= 4 is 11.6 Å². The lowest BCUT2D eigenvalue weighted by Crippen LogP contribution is -2.56. The quantitative estimate of drug-likeness (QED) is 0.762. The molecule has 0 saturated heterocycles. The highest BCUT2D eigenvalue weighted by Crippen LogP contribution is 2.30. The van der Waals surface area contributed by atoms with Crippen molar-refractivity contribution in [2.24, 2.45) is 5.73 Å². The molecule has 0 atom stereocenters. The van der Waals surface area contributed by atoms with Gasteiger partial charge in [-0.25, -0.2) is 0 Å². The van der Waals surface area contributed by atoms with E-state index >= 15 is 0 Å². The van der Waals surface area contributed by atoms with Gasteiger partial charge in [-0.1, -0.05) is 0 Å². The Morgan fingerprint density at radius 3 is 2.73 bits per heavy atom. The summed E-state index contributed by atoms with van der Waals surface area (Å²) in [5, 5.41) is 2.79. The second kappa shape index (κ2) is 3.62. The molecule has 1 aromatic rings. The van der Waals surface area contributed by atoms with Crippen LogP contribution in [0.25, 0.3) is 0 Å². The lowest BCUT2D eigenvalue weighted by atomic mass is 9.77. The van der Waals surface area contributed by atoms with Crippen LogP contribution in [0, 0.1) is 6.92 Å². The maximum atomic E-state index is 11.7. The number of carbonyl (C=O) groups excluding carboxylic acids is 1. The molecule has 0 radical (unpaired) electrons. The van der Waals surface area contributed by atoms with Gasteiger partial charge in [-0.2, -0.15) is 0 Å². The molecule has 4 heteroatoms. The first-order chi connectivity index (χ1) is 7.10. The van der Waals surface area contributed by atoms with E-state index in [0.29, 0.717) is 5.69 Å². The Balaban J connectivity index is 2.02. The van der Waals surface area contributed by atoms with Gasteiger partial charge in [-0.05, 0) is 38.3 Å². The van der Waals surface area contributed by atoms with Crippen molar-refractivity contribution in [1.82, 2.24) is 4.98 Å². The number of hydrogen-bond acceptors (Lipinski definition) is 3. The normalized spacial score (nSPS) is 18.0. The van der Waals surface area contributed by atoms with Crippen LogP contribution < -0.4 is 11.1 Å². The third kappa shape index (κ3) is 1.99. The van der Waals surface area contributed by atoms with Crippen LogP contribution in [0.3, 0.4) is 0 Å². The summed E-state index contributed by atoms with van der Waals surface area (Å²) in [4.78, 5) is 15.8. The van der Waals surface area contributed by atoms with Gasteiger partial charge in [0, 0.05) is 5.69 Å². The number of amides is 1. The predicted octanol–water partition coefficient (Wildman–Crippen LogP) is 1.21. The van der Waals surface area contributed by atoms with Crippen LogP contribution in [-0.4, -0.2) is 16.4 Å². The lowest BCUT2D eigenvalue weighted by Gasteiger charge is -2.36. The average Bonchev–Trinajstić information content (AvgIpc) is 2.18. The van der Waals surface area contributed by atoms with E-state index in [4.69, 9.17) is 5.73 Å². The van der Waals surface area contributed by atoms with E-state index in [1.807, 2.05) is 19.1 Å². The topological polar surface area (TPSA) is 68.0 Å². The first-order valence-electron chi connectivity index (χ1n) is 5.13. The van der Waals surface area contributed by atoms with Crippen LogP contribution in [0.1, 0.15) is 25.0 Å². The maximum absolute atomic E-state index is 11.7. The van der Waals surface area contributed by atoms with Crippen LogP contribution in [0.15, 0.2) is 18.3 Å². The summed E-state index contributed by atoms with van der Waals surface area (Å²) in [7, 11) is 0. The first kappa shape index (κ1) is 10.1. The predicted molar refractivity (Wildman–Crippen MR) is 58.4 cm³/mol. The van der Waals surface area contributed by atoms with Crippen molar-refractivity contribution in [3.63, 3.8) is 0 Å². The van der Waals surface area contributed by atoms with Crippen molar-refractivity contribution in [2.45, 2.75) is 31.7 Å². The van der Waals surface area contributed by atoms with Crippen LogP contribution in [0.5, 0.6) is 0 Å². The van der Waals surface area contributed by atoms with E-state index in [-0.39, 0.29) is 5.91 Å². The zero-order valence-electron chi connectivity index (χ0n) is 8.79. The van der Waals surface area contributed by atoms with E-state index in [9.17, 15) is 4.79 Å². The molecule has 1 heterocycles. The van der Waals surface area contributed by atoms with Crippen molar-refractivity contribution in [3.8, 4) is 0 Å². The van der Waals surface area contributed by atoms with Gasteiger partial charge in [0.15, 0.2) is 0 Å². The molecule has 0 spiro atoms. The summed E-state index contributed by atoms with van der Waals surface area (Å²) >= 11 is 0. The van der Waals surface area contributed by atoms with Crippen molar-refractivity contribution < 1.29 is 4.79 Å². The van der Waals surface area contributed by atoms with Gasteiger partial charge in [-0.3, -0.25) is 9.78 Å². The smallest absolute Gasteiger partial charge is 0.244 e. The molecule has 1 saturated carbocycles. The monoisotopic (exact) mass is 205 g/mol. The molecule has 1 aliphatic rings. The Bertz CT molecular complexity index is 368. The molecule has 1 aliphatic carbocycles. The summed E-state index contributed by atoms with van der Waals surface area (Å²) in [6.07, 6.45) is 4.24. The SMILES string of the molecule is Cc1ccc(NC(=O)C2(N)CCC2)cn1. The van der Waals surface area contributed by atoms with E-state index in [0.717, 1.165) is 25.0 Å². The molecule has 1 amide bonds. The molecule has 15 heavy (non-hydrogen) atoms. The fourth-order valence-corrected chi connectivity index (χ4v) is 1.58. The molecule has 2 rings (SSSR count). The largest absolute Gasteiger partial charge is 0.323 e. The maximum Gasteiger partial charge on any atom is 0.244 e. The van der Waals surface area contributed by atoms with Gasteiger partial charge in [0.05, 0.1) is 17.4 Å². The molecule has 3 N–H and O–H groups in total. The fraction of sp³-hybridized carbons (Fsp3) is 0.455. The van der Waals surface area contributed by atoms with Gasteiger partial charge in [0.1, 0.15) is 0 Å². The molecule has 1 fully saturated rings. The summed E-state index contributed by atoms with van der Waals surface area (Å²) in [6, 6.07) is 3.70. The molecule has 0 aromatic carbocycles. The minimum atomic E-state index is -0.648. The molecule has 80 valence electrons. The Morgan fingerprint density at radius 2 is 2.27 bits per heavy atom. The second-order valence-electron chi connectivity index (χ2n) is 4.15. The molecule has 0 bridgehead atoms. The standard InChI is InChI=1S/C11H15N3O/c1-8-3-4-9(7-13-8)14-10(15)11(12)5-2-6-11/h3-4,7H,2,5-6,12H2,1H3,(H,14,15). The minimum Gasteiger partial charge on any atom is -0.323 e. The Morgan fingerprint density at radius 1 is 1.53 bits per heavy atom. The number of nitrogens with two attached hydrogens (primary N) is 1. The van der Waals surface area contributed by atoms with Gasteiger partial charge in [0.2, 0.25) is 5.91 Å². The van der Waals surface area contributed by atoms with Crippen molar-refractivity contribution in [2.75, 3.05) is 5.32 Å². The third-order valence-corrected chi connectivity index (χ3v) is 2.87. The molecule has 4 nitrogen and oxygen atoms in total. The lowest BCUT2D eigenvalue weighted by molar-refractivity contribution is -0.123. The summed E-state index contributed by atoms with van der Waals surface area (Å²) < 4.78 is 0. The molecular formula is C11H15N3O. The van der Waals surface area contributed by atoms with Gasteiger partial charge in [0.25, 0.3) is 0 Å². The minimum absolute atomic E-state index is 0.0978. The number of anilines is 1. The highest BCUT2D eigenvalue weighted by Gasteiger charge is 2.40. The summed E-state index contributed by atoms with van der Waals surface area (Å²) in [5.41, 5.74) is 6.88. The van der Waals surface area contributed by atoms with Crippen LogP contribution >= 0.6 is 0 Å². The molecule has 0 unspecified atom stereocenters. The fourth-order valence-electron chi connectivity index (χ4n) is 1.58. The Hall–Kier alpha value is -1.42. The highest BCUT2D eigenvalue weighted by atomic mass is 16.2. The Labute approximate surface area is 88.9 Å². The summed E-state index contributed by atoms with van der Waals surface area (Å²) in [5.74, 6) is -0.0978. The van der Waals surface area contributed by atoms with Crippen LogP contribution in [-0.2, 0) is 4.79 Å². The van der Waals surface area contributed by atoms with Crippen molar-refractivity contribution in [1.29, 1.82) is 0 Å².